The van der Waals surface area contributed by atoms with Crippen molar-refractivity contribution >= 4 is 5.78 Å². The number of carbonyl (C=O) groups is 1. The number of carbonyl (C=O) groups excluding carboxylic acids is 1. The Bertz CT molecular complexity index is 422. The van der Waals surface area contributed by atoms with Crippen molar-refractivity contribution in [2.75, 3.05) is 26.2 Å². The highest BCUT2D eigenvalue weighted by Gasteiger charge is 2.34. The highest BCUT2D eigenvalue weighted by Crippen LogP contribution is 2.19. The molecule has 0 atom stereocenters. The predicted molar refractivity (Wildman–Crippen MR) is 82.9 cm³/mol. The molecule has 1 fully saturated rings. The summed E-state index contributed by atoms with van der Waals surface area (Å²) in [4.78, 5) is 14.8. The zero-order chi connectivity index (χ0) is 14.4. The largest absolute Gasteiger partial charge is 0.314 e. The molecule has 20 heavy (non-hydrogen) atoms. The molecule has 0 unspecified atom stereocenters. The Balaban J connectivity index is 1.81. The molecule has 0 spiro atoms. The summed E-state index contributed by atoms with van der Waals surface area (Å²) in [6.45, 7) is 8.06. The molecule has 0 amide bonds. The van der Waals surface area contributed by atoms with E-state index in [1.165, 1.54) is 5.56 Å². The molecule has 1 N–H and O–H groups in total. The van der Waals surface area contributed by atoms with Crippen LogP contribution in [0.25, 0.3) is 0 Å². The summed E-state index contributed by atoms with van der Waals surface area (Å²) in [6.07, 6.45) is 2.61. The van der Waals surface area contributed by atoms with Crippen LogP contribution in [-0.2, 0) is 11.2 Å². The molecule has 0 saturated carbocycles. The summed E-state index contributed by atoms with van der Waals surface area (Å²) < 4.78 is 0. The van der Waals surface area contributed by atoms with E-state index in [4.69, 9.17) is 0 Å². The zero-order valence-corrected chi connectivity index (χ0v) is 12.7. The van der Waals surface area contributed by atoms with Crippen molar-refractivity contribution in [3.05, 3.63) is 35.9 Å². The molecule has 0 aliphatic carbocycles. The Kier molecular flexibility index (Phi) is 5.32. The number of Topliss-reactive ketones (excluding diaryl/α,β-unsaturated/α-hetero) is 1. The third-order valence-corrected chi connectivity index (χ3v) is 4.30. The van der Waals surface area contributed by atoms with Gasteiger partial charge in [0, 0.05) is 32.6 Å². The molecule has 110 valence electrons. The molecular weight excluding hydrogens is 248 g/mol. The van der Waals surface area contributed by atoms with Crippen molar-refractivity contribution in [2.45, 2.75) is 38.6 Å². The summed E-state index contributed by atoms with van der Waals surface area (Å²) in [7, 11) is 0. The number of benzene rings is 1. The first-order valence-electron chi connectivity index (χ1n) is 7.64. The minimum Gasteiger partial charge on any atom is -0.314 e. The van der Waals surface area contributed by atoms with Gasteiger partial charge in [0.1, 0.15) is 0 Å². The van der Waals surface area contributed by atoms with Crippen LogP contribution >= 0.6 is 0 Å². The third kappa shape index (κ3) is 3.90. The number of piperazine rings is 1. The van der Waals surface area contributed by atoms with E-state index >= 15 is 0 Å². The van der Waals surface area contributed by atoms with Gasteiger partial charge in [-0.15, -0.1) is 0 Å². The average Bonchev–Trinajstić information content (AvgIpc) is 2.49. The van der Waals surface area contributed by atoms with Gasteiger partial charge in [0.05, 0.1) is 5.54 Å². The number of aryl methyl sites for hydroxylation is 1. The Labute approximate surface area is 122 Å². The standard InChI is InChI=1S/C17H26N2O/c1-17(2,19-13-11-18-12-14-19)16(20)10-6-9-15-7-4-3-5-8-15/h3-5,7-8,18H,6,9-14H2,1-2H3. The van der Waals surface area contributed by atoms with Gasteiger partial charge in [0.15, 0.2) is 5.78 Å². The van der Waals surface area contributed by atoms with Crippen LogP contribution in [-0.4, -0.2) is 42.4 Å². The van der Waals surface area contributed by atoms with E-state index in [0.29, 0.717) is 12.2 Å². The van der Waals surface area contributed by atoms with Crippen LogP contribution in [0, 0.1) is 0 Å². The lowest BCUT2D eigenvalue weighted by atomic mass is 9.91. The Morgan fingerprint density at radius 2 is 1.85 bits per heavy atom. The second-order valence-electron chi connectivity index (χ2n) is 6.06. The van der Waals surface area contributed by atoms with Gasteiger partial charge in [-0.2, -0.15) is 0 Å². The van der Waals surface area contributed by atoms with Crippen molar-refractivity contribution in [1.29, 1.82) is 0 Å². The molecule has 2 rings (SSSR count). The van der Waals surface area contributed by atoms with Crippen molar-refractivity contribution in [3.63, 3.8) is 0 Å². The fourth-order valence-electron chi connectivity index (χ4n) is 2.80. The molecule has 3 heteroatoms. The van der Waals surface area contributed by atoms with Crippen molar-refractivity contribution < 1.29 is 4.79 Å². The van der Waals surface area contributed by atoms with Crippen LogP contribution in [0.1, 0.15) is 32.3 Å². The maximum Gasteiger partial charge on any atom is 0.152 e. The Hall–Kier alpha value is -1.19. The summed E-state index contributed by atoms with van der Waals surface area (Å²) >= 11 is 0. The maximum absolute atomic E-state index is 12.5. The van der Waals surface area contributed by atoms with Gasteiger partial charge in [0.2, 0.25) is 0 Å². The minimum absolute atomic E-state index is 0.321. The van der Waals surface area contributed by atoms with Gasteiger partial charge < -0.3 is 5.32 Å². The molecule has 1 aliphatic heterocycles. The molecule has 1 aromatic rings. The van der Waals surface area contributed by atoms with E-state index in [2.05, 4.69) is 48.3 Å². The van der Waals surface area contributed by atoms with Crippen LogP contribution in [0.15, 0.2) is 30.3 Å². The first kappa shape index (κ1) is 15.2. The summed E-state index contributed by atoms with van der Waals surface area (Å²) in [5.41, 5.74) is 0.999. The Morgan fingerprint density at radius 3 is 2.50 bits per heavy atom. The summed E-state index contributed by atoms with van der Waals surface area (Å²) in [6, 6.07) is 10.4. The molecule has 0 bridgehead atoms. The molecule has 1 saturated heterocycles. The minimum atomic E-state index is -0.321. The second-order valence-corrected chi connectivity index (χ2v) is 6.06. The smallest absolute Gasteiger partial charge is 0.152 e. The third-order valence-electron chi connectivity index (χ3n) is 4.30. The number of ketones is 1. The van der Waals surface area contributed by atoms with E-state index in [0.717, 1.165) is 39.0 Å². The number of hydrogen-bond acceptors (Lipinski definition) is 3. The Morgan fingerprint density at radius 1 is 1.20 bits per heavy atom. The van der Waals surface area contributed by atoms with Gasteiger partial charge in [-0.25, -0.2) is 0 Å². The van der Waals surface area contributed by atoms with Gasteiger partial charge in [0.25, 0.3) is 0 Å². The van der Waals surface area contributed by atoms with Crippen LogP contribution in [0.5, 0.6) is 0 Å². The first-order chi connectivity index (χ1) is 9.60. The molecule has 1 aliphatic rings. The lowest BCUT2D eigenvalue weighted by molar-refractivity contribution is -0.129. The molecule has 1 heterocycles. The fourth-order valence-corrected chi connectivity index (χ4v) is 2.80. The summed E-state index contributed by atoms with van der Waals surface area (Å²) in [5, 5.41) is 3.34. The second kappa shape index (κ2) is 7.00. The van der Waals surface area contributed by atoms with Gasteiger partial charge in [-0.3, -0.25) is 9.69 Å². The topological polar surface area (TPSA) is 32.3 Å². The van der Waals surface area contributed by atoms with Gasteiger partial charge in [-0.1, -0.05) is 30.3 Å². The fraction of sp³-hybridized carbons (Fsp3) is 0.588. The van der Waals surface area contributed by atoms with Crippen LogP contribution in [0.3, 0.4) is 0 Å². The van der Waals surface area contributed by atoms with Gasteiger partial charge in [-0.05, 0) is 32.3 Å². The van der Waals surface area contributed by atoms with Crippen LogP contribution in [0.4, 0.5) is 0 Å². The normalized spacial score (nSPS) is 17.1. The molecule has 0 radical (unpaired) electrons. The number of hydrogen-bond donors (Lipinski definition) is 1. The monoisotopic (exact) mass is 274 g/mol. The summed E-state index contributed by atoms with van der Waals surface area (Å²) in [5.74, 6) is 0.371. The first-order valence-corrected chi connectivity index (χ1v) is 7.64. The average molecular weight is 274 g/mol. The SMILES string of the molecule is CC(C)(C(=O)CCCc1ccccc1)N1CCNCC1. The molecule has 3 nitrogen and oxygen atoms in total. The lowest BCUT2D eigenvalue weighted by Crippen LogP contribution is -2.57. The number of rotatable bonds is 6. The van der Waals surface area contributed by atoms with Crippen LogP contribution < -0.4 is 5.32 Å². The molecule has 0 aromatic heterocycles. The van der Waals surface area contributed by atoms with E-state index in [1.54, 1.807) is 0 Å². The van der Waals surface area contributed by atoms with Gasteiger partial charge >= 0.3 is 0 Å². The lowest BCUT2D eigenvalue weighted by Gasteiger charge is -2.40. The molecule has 1 aromatic carbocycles. The van der Waals surface area contributed by atoms with E-state index in [1.807, 2.05) is 6.07 Å². The van der Waals surface area contributed by atoms with E-state index in [9.17, 15) is 4.79 Å². The number of nitrogens with zero attached hydrogens (tertiary/aromatic N) is 1. The quantitative estimate of drug-likeness (QED) is 0.863. The number of nitrogens with one attached hydrogen (secondary N) is 1. The van der Waals surface area contributed by atoms with Crippen molar-refractivity contribution in [2.24, 2.45) is 0 Å². The van der Waals surface area contributed by atoms with Crippen molar-refractivity contribution in [1.82, 2.24) is 10.2 Å². The predicted octanol–water partition coefficient (Wildman–Crippen LogP) is 2.26. The highest BCUT2D eigenvalue weighted by atomic mass is 16.1. The molecular formula is C17H26N2O. The van der Waals surface area contributed by atoms with Crippen LogP contribution in [0.2, 0.25) is 0 Å². The van der Waals surface area contributed by atoms with E-state index < -0.39 is 0 Å². The van der Waals surface area contributed by atoms with E-state index in [-0.39, 0.29) is 5.54 Å². The highest BCUT2D eigenvalue weighted by molar-refractivity contribution is 5.87. The van der Waals surface area contributed by atoms with Crippen molar-refractivity contribution in [3.8, 4) is 0 Å². The maximum atomic E-state index is 12.5. The zero-order valence-electron chi connectivity index (χ0n) is 12.7.